The second kappa shape index (κ2) is 6.11. The number of carbonyl (C=O) groups excluding carboxylic acids is 1. The number of nitrogens with zero attached hydrogens (tertiary/aromatic N) is 1. The number of hydrogen-bond donors (Lipinski definition) is 0. The maximum Gasteiger partial charge on any atom is 0.152 e. The third-order valence-corrected chi connectivity index (χ3v) is 3.28. The fraction of sp³-hybridized carbons (Fsp3) is 0.0526. The predicted molar refractivity (Wildman–Crippen MR) is 86.1 cm³/mol. The van der Waals surface area contributed by atoms with Gasteiger partial charge in [-0.25, -0.2) is 4.98 Å². The van der Waals surface area contributed by atoms with E-state index in [-0.39, 0.29) is 0 Å². The van der Waals surface area contributed by atoms with E-state index in [9.17, 15) is 4.79 Å². The highest BCUT2D eigenvalue weighted by Gasteiger charge is 2.05. The van der Waals surface area contributed by atoms with Crippen LogP contribution in [-0.2, 0) is 0 Å². The summed E-state index contributed by atoms with van der Waals surface area (Å²) in [5.41, 5.74) is 2.59. The Labute approximate surface area is 128 Å². The summed E-state index contributed by atoms with van der Waals surface area (Å²) in [6, 6.07) is 16.9. The van der Waals surface area contributed by atoms with E-state index in [0.717, 1.165) is 28.5 Å². The number of fused-ring (bicyclic) bond motifs is 1. The number of aromatic nitrogens is 1. The van der Waals surface area contributed by atoms with Crippen LogP contribution in [0.4, 0.5) is 0 Å². The molecule has 2 aromatic carbocycles. The minimum absolute atomic E-state index is 0.472. The number of pyridine rings is 1. The van der Waals surface area contributed by atoms with Gasteiger partial charge in [-0.2, -0.15) is 0 Å². The highest BCUT2D eigenvalue weighted by atomic mass is 16.5. The van der Waals surface area contributed by atoms with Crippen molar-refractivity contribution in [1.29, 1.82) is 0 Å². The van der Waals surface area contributed by atoms with Crippen LogP contribution in [0.25, 0.3) is 10.9 Å². The standard InChI is InChI=1S/C19H13NO2/c1-22-17-9-8-15-11-16(13-21)18(20-19(15)12-17)10-7-14-5-3-2-4-6-14/h2-6,8-9,11-13H,1H3. The van der Waals surface area contributed by atoms with Gasteiger partial charge >= 0.3 is 0 Å². The third kappa shape index (κ3) is 2.82. The van der Waals surface area contributed by atoms with Crippen LogP contribution >= 0.6 is 0 Å². The Balaban J connectivity index is 2.11. The number of ether oxygens (including phenoxy) is 1. The van der Waals surface area contributed by atoms with Crippen LogP contribution in [-0.4, -0.2) is 18.4 Å². The average Bonchev–Trinajstić information content (AvgIpc) is 2.59. The molecule has 1 aromatic heterocycles. The Bertz CT molecular complexity index is 890. The first-order valence-electron chi connectivity index (χ1n) is 6.81. The Morgan fingerprint density at radius 1 is 1.05 bits per heavy atom. The molecule has 3 heteroatoms. The zero-order valence-electron chi connectivity index (χ0n) is 12.0. The Hall–Kier alpha value is -3.12. The molecule has 0 radical (unpaired) electrons. The number of methoxy groups -OCH3 is 1. The van der Waals surface area contributed by atoms with Crippen LogP contribution in [0.3, 0.4) is 0 Å². The summed E-state index contributed by atoms with van der Waals surface area (Å²) in [6.07, 6.45) is 0.783. The molecule has 3 rings (SSSR count). The van der Waals surface area contributed by atoms with E-state index in [2.05, 4.69) is 16.8 Å². The molecule has 1 heterocycles. The second-order valence-electron chi connectivity index (χ2n) is 4.72. The van der Waals surface area contributed by atoms with E-state index in [0.29, 0.717) is 11.3 Å². The van der Waals surface area contributed by atoms with Gasteiger partial charge in [-0.05, 0) is 36.3 Å². The molecule has 0 unspecified atom stereocenters. The van der Waals surface area contributed by atoms with Crippen molar-refractivity contribution in [3.05, 3.63) is 71.4 Å². The smallest absolute Gasteiger partial charge is 0.152 e. The zero-order valence-corrected chi connectivity index (χ0v) is 12.0. The van der Waals surface area contributed by atoms with E-state index in [1.807, 2.05) is 48.5 Å². The van der Waals surface area contributed by atoms with Crippen LogP contribution in [0.2, 0.25) is 0 Å². The summed E-state index contributed by atoms with van der Waals surface area (Å²) in [7, 11) is 1.61. The SMILES string of the molecule is COc1ccc2cc(C=O)c(C#Cc3ccccc3)nc2c1. The lowest BCUT2D eigenvalue weighted by atomic mass is 10.1. The number of rotatable bonds is 2. The summed E-state index contributed by atoms with van der Waals surface area (Å²) in [6.45, 7) is 0. The molecule has 0 spiro atoms. The first-order chi connectivity index (χ1) is 10.8. The van der Waals surface area contributed by atoms with Crippen LogP contribution < -0.4 is 4.74 Å². The van der Waals surface area contributed by atoms with Crippen molar-refractivity contribution >= 4 is 17.2 Å². The molecule has 0 atom stereocenters. The van der Waals surface area contributed by atoms with Gasteiger partial charge in [0.25, 0.3) is 0 Å². The average molecular weight is 287 g/mol. The van der Waals surface area contributed by atoms with E-state index in [1.54, 1.807) is 13.2 Å². The molecule has 0 aliphatic rings. The molecule has 3 nitrogen and oxygen atoms in total. The lowest BCUT2D eigenvalue weighted by Gasteiger charge is -2.04. The van der Waals surface area contributed by atoms with Gasteiger partial charge in [0.1, 0.15) is 11.4 Å². The van der Waals surface area contributed by atoms with Crippen LogP contribution in [0.5, 0.6) is 5.75 Å². The number of aldehydes is 1. The molecule has 0 bridgehead atoms. The monoisotopic (exact) mass is 287 g/mol. The maximum atomic E-state index is 11.3. The van der Waals surface area contributed by atoms with Crippen LogP contribution in [0.1, 0.15) is 21.6 Å². The lowest BCUT2D eigenvalue weighted by Crippen LogP contribution is -1.94. The van der Waals surface area contributed by atoms with Crippen molar-refractivity contribution in [3.63, 3.8) is 0 Å². The van der Waals surface area contributed by atoms with Crippen molar-refractivity contribution in [2.75, 3.05) is 7.11 Å². The molecule has 0 N–H and O–H groups in total. The molecule has 0 saturated carbocycles. The van der Waals surface area contributed by atoms with Gasteiger partial charge < -0.3 is 4.74 Å². The van der Waals surface area contributed by atoms with Gasteiger partial charge in [0, 0.05) is 22.6 Å². The molecule has 0 fully saturated rings. The minimum Gasteiger partial charge on any atom is -0.497 e. The molecule has 0 saturated heterocycles. The Morgan fingerprint density at radius 2 is 1.86 bits per heavy atom. The first-order valence-corrected chi connectivity index (χ1v) is 6.81. The van der Waals surface area contributed by atoms with E-state index >= 15 is 0 Å². The Kier molecular flexibility index (Phi) is 3.84. The normalized spacial score (nSPS) is 9.86. The van der Waals surface area contributed by atoms with E-state index < -0.39 is 0 Å². The largest absolute Gasteiger partial charge is 0.497 e. The third-order valence-electron chi connectivity index (χ3n) is 3.28. The van der Waals surface area contributed by atoms with Gasteiger partial charge in [-0.15, -0.1) is 0 Å². The van der Waals surface area contributed by atoms with Gasteiger partial charge in [0.05, 0.1) is 12.6 Å². The van der Waals surface area contributed by atoms with Crippen molar-refractivity contribution in [3.8, 4) is 17.6 Å². The van der Waals surface area contributed by atoms with E-state index in [4.69, 9.17) is 4.74 Å². The molecule has 106 valence electrons. The molecular weight excluding hydrogens is 274 g/mol. The van der Waals surface area contributed by atoms with Crippen molar-refractivity contribution in [1.82, 2.24) is 4.98 Å². The van der Waals surface area contributed by atoms with Gasteiger partial charge in [0.15, 0.2) is 6.29 Å². The van der Waals surface area contributed by atoms with Gasteiger partial charge in [-0.3, -0.25) is 4.79 Å². The second-order valence-corrected chi connectivity index (χ2v) is 4.72. The molecule has 0 amide bonds. The highest BCUT2D eigenvalue weighted by molar-refractivity contribution is 5.89. The topological polar surface area (TPSA) is 39.2 Å². The zero-order chi connectivity index (χ0) is 15.4. The summed E-state index contributed by atoms with van der Waals surface area (Å²) < 4.78 is 5.20. The molecule has 3 aromatic rings. The van der Waals surface area contributed by atoms with Crippen molar-refractivity contribution < 1.29 is 9.53 Å². The number of benzene rings is 2. The molecule has 0 aliphatic heterocycles. The predicted octanol–water partition coefficient (Wildman–Crippen LogP) is 3.46. The van der Waals surface area contributed by atoms with Crippen LogP contribution in [0.15, 0.2) is 54.6 Å². The van der Waals surface area contributed by atoms with Crippen molar-refractivity contribution in [2.45, 2.75) is 0 Å². The molecular formula is C19H13NO2. The summed E-state index contributed by atoms with van der Waals surface area (Å²) in [5, 5.41) is 0.883. The highest BCUT2D eigenvalue weighted by Crippen LogP contribution is 2.21. The Morgan fingerprint density at radius 3 is 2.59 bits per heavy atom. The van der Waals surface area contributed by atoms with Crippen LogP contribution in [0, 0.1) is 11.8 Å². The lowest BCUT2D eigenvalue weighted by molar-refractivity contribution is 0.112. The van der Waals surface area contributed by atoms with E-state index in [1.165, 1.54) is 0 Å². The number of carbonyl (C=O) groups is 1. The first kappa shape index (κ1) is 13.8. The van der Waals surface area contributed by atoms with Crippen molar-refractivity contribution in [2.24, 2.45) is 0 Å². The number of hydrogen-bond acceptors (Lipinski definition) is 3. The maximum absolute atomic E-state index is 11.3. The minimum atomic E-state index is 0.472. The quantitative estimate of drug-likeness (QED) is 0.535. The fourth-order valence-electron chi connectivity index (χ4n) is 2.13. The summed E-state index contributed by atoms with van der Waals surface area (Å²) in [5.74, 6) is 6.73. The molecule has 0 aliphatic carbocycles. The summed E-state index contributed by atoms with van der Waals surface area (Å²) in [4.78, 5) is 15.8. The van der Waals surface area contributed by atoms with Gasteiger partial charge in [0.2, 0.25) is 0 Å². The summed E-state index contributed by atoms with van der Waals surface area (Å²) >= 11 is 0. The van der Waals surface area contributed by atoms with Gasteiger partial charge in [-0.1, -0.05) is 24.1 Å². The molecule has 22 heavy (non-hydrogen) atoms. The fourth-order valence-corrected chi connectivity index (χ4v) is 2.13.